The Bertz CT molecular complexity index is 606. The van der Waals surface area contributed by atoms with Crippen LogP contribution in [0.25, 0.3) is 0 Å². The van der Waals surface area contributed by atoms with Crippen LogP contribution < -0.4 is 14.8 Å². The topological polar surface area (TPSA) is 49.3 Å². The highest BCUT2D eigenvalue weighted by molar-refractivity contribution is 5.79. The second-order valence-corrected chi connectivity index (χ2v) is 7.19. The van der Waals surface area contributed by atoms with E-state index in [0.717, 1.165) is 43.5 Å². The van der Waals surface area contributed by atoms with E-state index < -0.39 is 0 Å². The van der Waals surface area contributed by atoms with Gasteiger partial charge in [0.05, 0.1) is 14.2 Å². The van der Waals surface area contributed by atoms with Gasteiger partial charge in [0.25, 0.3) is 0 Å². The molecule has 152 valence electrons. The van der Waals surface area contributed by atoms with Gasteiger partial charge < -0.3 is 24.6 Å². The number of nitrogens with zero attached hydrogens (tertiary/aromatic N) is 3. The first-order chi connectivity index (χ1) is 13.1. The first-order valence-corrected chi connectivity index (χ1v) is 9.96. The molecular formula is C21H36N4O2. The maximum Gasteiger partial charge on any atom is 0.193 e. The van der Waals surface area contributed by atoms with Gasteiger partial charge in [-0.05, 0) is 56.0 Å². The number of hydrogen-bond acceptors (Lipinski definition) is 4. The molecule has 2 rings (SSSR count). The number of methoxy groups -OCH3 is 2. The van der Waals surface area contributed by atoms with Crippen LogP contribution in [0.3, 0.4) is 0 Å². The van der Waals surface area contributed by atoms with Crippen LogP contribution in [-0.4, -0.2) is 76.8 Å². The average molecular weight is 377 g/mol. The molecule has 0 saturated carbocycles. The Labute approximate surface area is 164 Å². The highest BCUT2D eigenvalue weighted by Crippen LogP contribution is 2.27. The molecule has 1 aromatic carbocycles. The fourth-order valence-corrected chi connectivity index (χ4v) is 3.66. The van der Waals surface area contributed by atoms with E-state index in [1.807, 2.05) is 19.2 Å². The molecule has 0 bridgehead atoms. The predicted octanol–water partition coefficient (Wildman–Crippen LogP) is 2.49. The lowest BCUT2D eigenvalue weighted by Gasteiger charge is -2.33. The fourth-order valence-electron chi connectivity index (χ4n) is 3.66. The molecule has 0 amide bonds. The van der Waals surface area contributed by atoms with Gasteiger partial charge in [-0.1, -0.05) is 13.0 Å². The molecule has 1 aliphatic rings. The average Bonchev–Trinajstić information content (AvgIpc) is 2.72. The fraction of sp³-hybridized carbons (Fsp3) is 0.667. The summed E-state index contributed by atoms with van der Waals surface area (Å²) in [5.74, 6) is 3.21. The molecule has 0 radical (unpaired) electrons. The number of likely N-dealkylation sites (N-methyl/N-ethyl adjacent to an activating group) is 1. The number of nitrogens with one attached hydrogen (secondary N) is 1. The maximum absolute atomic E-state index is 5.40. The molecule has 1 N–H and O–H groups in total. The Balaban J connectivity index is 1.83. The van der Waals surface area contributed by atoms with E-state index in [9.17, 15) is 0 Å². The molecule has 1 fully saturated rings. The first-order valence-electron chi connectivity index (χ1n) is 9.96. The second-order valence-electron chi connectivity index (χ2n) is 7.19. The van der Waals surface area contributed by atoms with E-state index >= 15 is 0 Å². The van der Waals surface area contributed by atoms with Gasteiger partial charge in [0.2, 0.25) is 0 Å². The molecule has 6 nitrogen and oxygen atoms in total. The molecule has 6 heteroatoms. The van der Waals surface area contributed by atoms with Crippen LogP contribution in [0.2, 0.25) is 0 Å². The Morgan fingerprint density at radius 3 is 2.74 bits per heavy atom. The molecule has 0 aliphatic carbocycles. The van der Waals surface area contributed by atoms with Crippen molar-refractivity contribution in [3.63, 3.8) is 0 Å². The van der Waals surface area contributed by atoms with E-state index in [0.29, 0.717) is 5.92 Å². The smallest absolute Gasteiger partial charge is 0.193 e. The predicted molar refractivity (Wildman–Crippen MR) is 112 cm³/mol. The Morgan fingerprint density at radius 2 is 2.07 bits per heavy atom. The third kappa shape index (κ3) is 6.31. The first kappa shape index (κ1) is 21.4. The molecule has 1 aliphatic heterocycles. The number of hydrogen-bond donors (Lipinski definition) is 1. The molecule has 1 saturated heterocycles. The molecule has 1 atom stereocenters. The van der Waals surface area contributed by atoms with Crippen LogP contribution in [-0.2, 0) is 6.42 Å². The van der Waals surface area contributed by atoms with Crippen molar-refractivity contribution in [2.24, 2.45) is 10.9 Å². The number of piperidine rings is 1. The minimum Gasteiger partial charge on any atom is -0.493 e. The number of ether oxygens (including phenoxy) is 2. The molecule has 0 aromatic heterocycles. The quantitative estimate of drug-likeness (QED) is 0.558. The van der Waals surface area contributed by atoms with Gasteiger partial charge in [0, 0.05) is 33.7 Å². The molecule has 0 spiro atoms. The second kappa shape index (κ2) is 11.0. The SMILES string of the molecule is CCN1CCCC(CNC(=NC)N(C)CCc2ccc(OC)c(OC)c2)C1. The highest BCUT2D eigenvalue weighted by Gasteiger charge is 2.19. The zero-order valence-electron chi connectivity index (χ0n) is 17.6. The number of rotatable bonds is 8. The van der Waals surface area contributed by atoms with Crippen molar-refractivity contribution in [1.82, 2.24) is 15.1 Å². The van der Waals surface area contributed by atoms with Crippen LogP contribution in [0.15, 0.2) is 23.2 Å². The summed E-state index contributed by atoms with van der Waals surface area (Å²) >= 11 is 0. The van der Waals surface area contributed by atoms with Crippen molar-refractivity contribution in [3.05, 3.63) is 23.8 Å². The van der Waals surface area contributed by atoms with E-state index in [1.54, 1.807) is 14.2 Å². The summed E-state index contributed by atoms with van der Waals surface area (Å²) in [5.41, 5.74) is 1.22. The van der Waals surface area contributed by atoms with E-state index in [1.165, 1.54) is 31.5 Å². The van der Waals surface area contributed by atoms with Crippen LogP contribution in [0.4, 0.5) is 0 Å². The lowest BCUT2D eigenvalue weighted by atomic mass is 9.98. The normalized spacial score (nSPS) is 18.3. The molecule has 27 heavy (non-hydrogen) atoms. The third-order valence-electron chi connectivity index (χ3n) is 5.36. The summed E-state index contributed by atoms with van der Waals surface area (Å²) in [5, 5.41) is 3.57. The van der Waals surface area contributed by atoms with Gasteiger partial charge in [0.15, 0.2) is 17.5 Å². The van der Waals surface area contributed by atoms with Crippen molar-refractivity contribution >= 4 is 5.96 Å². The summed E-state index contributed by atoms with van der Waals surface area (Å²) in [6, 6.07) is 6.10. The van der Waals surface area contributed by atoms with Gasteiger partial charge in [0.1, 0.15) is 0 Å². The summed E-state index contributed by atoms with van der Waals surface area (Å²) in [6.45, 7) is 7.71. The molecule has 1 aromatic rings. The lowest BCUT2D eigenvalue weighted by molar-refractivity contribution is 0.183. The summed E-state index contributed by atoms with van der Waals surface area (Å²) in [7, 11) is 7.28. The monoisotopic (exact) mass is 376 g/mol. The minimum absolute atomic E-state index is 0.703. The molecule has 1 heterocycles. The highest BCUT2D eigenvalue weighted by atomic mass is 16.5. The zero-order chi connectivity index (χ0) is 19.6. The van der Waals surface area contributed by atoms with Crippen LogP contribution in [0.5, 0.6) is 11.5 Å². The zero-order valence-corrected chi connectivity index (χ0v) is 17.6. The van der Waals surface area contributed by atoms with Crippen molar-refractivity contribution in [2.75, 3.05) is 61.0 Å². The largest absolute Gasteiger partial charge is 0.493 e. The van der Waals surface area contributed by atoms with E-state index in [-0.39, 0.29) is 0 Å². The Morgan fingerprint density at radius 1 is 1.30 bits per heavy atom. The standard InChI is InChI=1S/C21H36N4O2/c1-6-25-12-7-8-18(16-25)15-23-21(22-2)24(3)13-11-17-9-10-19(26-4)20(14-17)27-5/h9-10,14,18H,6-8,11-13,15-16H2,1-5H3,(H,22,23). The van der Waals surface area contributed by atoms with Crippen molar-refractivity contribution < 1.29 is 9.47 Å². The Hall–Kier alpha value is -1.95. The lowest BCUT2D eigenvalue weighted by Crippen LogP contribution is -2.45. The molecular weight excluding hydrogens is 340 g/mol. The Kier molecular flexibility index (Phi) is 8.72. The van der Waals surface area contributed by atoms with E-state index in [4.69, 9.17) is 9.47 Å². The van der Waals surface area contributed by atoms with Gasteiger partial charge in [-0.15, -0.1) is 0 Å². The third-order valence-corrected chi connectivity index (χ3v) is 5.36. The van der Waals surface area contributed by atoms with Crippen LogP contribution in [0.1, 0.15) is 25.3 Å². The van der Waals surface area contributed by atoms with Crippen molar-refractivity contribution in [2.45, 2.75) is 26.2 Å². The maximum atomic E-state index is 5.40. The minimum atomic E-state index is 0.703. The summed E-state index contributed by atoms with van der Waals surface area (Å²) < 4.78 is 10.7. The number of guanidine groups is 1. The van der Waals surface area contributed by atoms with Gasteiger partial charge in [-0.25, -0.2) is 0 Å². The summed E-state index contributed by atoms with van der Waals surface area (Å²) in [4.78, 5) is 9.19. The number of likely N-dealkylation sites (tertiary alicyclic amines) is 1. The summed E-state index contributed by atoms with van der Waals surface area (Å²) in [6.07, 6.45) is 3.52. The van der Waals surface area contributed by atoms with Gasteiger partial charge >= 0.3 is 0 Å². The van der Waals surface area contributed by atoms with Gasteiger partial charge in [-0.2, -0.15) is 0 Å². The number of aliphatic imine (C=N–C) groups is 1. The van der Waals surface area contributed by atoms with Crippen molar-refractivity contribution in [1.29, 1.82) is 0 Å². The van der Waals surface area contributed by atoms with Crippen LogP contribution >= 0.6 is 0 Å². The van der Waals surface area contributed by atoms with Crippen molar-refractivity contribution in [3.8, 4) is 11.5 Å². The number of benzene rings is 1. The van der Waals surface area contributed by atoms with Gasteiger partial charge in [-0.3, -0.25) is 4.99 Å². The van der Waals surface area contributed by atoms with E-state index in [2.05, 4.69) is 40.1 Å². The van der Waals surface area contributed by atoms with Crippen LogP contribution in [0, 0.1) is 5.92 Å². The molecule has 1 unspecified atom stereocenters.